The number of aryl methyl sites for hydroxylation is 2. The van der Waals surface area contributed by atoms with Crippen molar-refractivity contribution in [3.8, 4) is 5.75 Å². The van der Waals surface area contributed by atoms with Gasteiger partial charge in [0.1, 0.15) is 5.75 Å². The van der Waals surface area contributed by atoms with Crippen molar-refractivity contribution >= 4 is 15.8 Å². The largest absolute Gasteiger partial charge is 0.507 e. The summed E-state index contributed by atoms with van der Waals surface area (Å²) < 4.78 is 25.9. The van der Waals surface area contributed by atoms with Crippen LogP contribution in [0.25, 0.3) is 0 Å². The number of nitrogens with zero attached hydrogens (tertiary/aromatic N) is 2. The molecule has 0 fully saturated rings. The summed E-state index contributed by atoms with van der Waals surface area (Å²) in [6.45, 7) is 3.65. The minimum atomic E-state index is -3.88. The lowest BCUT2D eigenvalue weighted by Gasteiger charge is -2.05. The van der Waals surface area contributed by atoms with Crippen LogP contribution in [0.3, 0.4) is 0 Å². The van der Waals surface area contributed by atoms with Crippen LogP contribution in [0.4, 0.5) is 0 Å². The first-order valence-electron chi connectivity index (χ1n) is 7.50. The molecule has 1 N–H and O–H groups in total. The zero-order chi connectivity index (χ0) is 18.2. The predicted molar refractivity (Wildman–Crippen MR) is 92.3 cm³/mol. The molecule has 0 radical (unpaired) electrons. The summed E-state index contributed by atoms with van der Waals surface area (Å²) in [7, 11) is -3.88. The SMILES string of the molecule is Cc1ccc(S(=O)(=O)n2cc(C(=O)c3cc(C)ccc3O)cn2)cc1. The van der Waals surface area contributed by atoms with Crippen LogP contribution in [0.15, 0.2) is 59.8 Å². The van der Waals surface area contributed by atoms with E-state index >= 15 is 0 Å². The molecule has 128 valence electrons. The monoisotopic (exact) mass is 356 g/mol. The number of hydrogen-bond donors (Lipinski definition) is 1. The van der Waals surface area contributed by atoms with E-state index < -0.39 is 15.8 Å². The maximum atomic E-state index is 12.6. The Morgan fingerprint density at radius 2 is 1.68 bits per heavy atom. The van der Waals surface area contributed by atoms with E-state index in [0.717, 1.165) is 21.4 Å². The van der Waals surface area contributed by atoms with Gasteiger partial charge in [0.15, 0.2) is 5.78 Å². The van der Waals surface area contributed by atoms with Crippen LogP contribution in [0, 0.1) is 13.8 Å². The fourth-order valence-electron chi connectivity index (χ4n) is 2.36. The summed E-state index contributed by atoms with van der Waals surface area (Å²) >= 11 is 0. The molecule has 25 heavy (non-hydrogen) atoms. The normalized spacial score (nSPS) is 11.4. The van der Waals surface area contributed by atoms with E-state index in [1.807, 2.05) is 6.92 Å². The Hall–Kier alpha value is -2.93. The molecule has 0 aliphatic rings. The van der Waals surface area contributed by atoms with Crippen molar-refractivity contribution in [2.75, 3.05) is 0 Å². The smallest absolute Gasteiger partial charge is 0.282 e. The Balaban J connectivity index is 1.98. The van der Waals surface area contributed by atoms with Crippen LogP contribution >= 0.6 is 0 Å². The number of phenolic OH excluding ortho intramolecular Hbond substituents is 1. The van der Waals surface area contributed by atoms with Gasteiger partial charge in [-0.2, -0.15) is 17.6 Å². The third-order valence-corrected chi connectivity index (χ3v) is 5.34. The van der Waals surface area contributed by atoms with Crippen molar-refractivity contribution in [1.82, 2.24) is 9.19 Å². The number of carbonyl (C=O) groups excluding carboxylic acids is 1. The number of benzene rings is 2. The number of aromatic nitrogens is 2. The average Bonchev–Trinajstić information content (AvgIpc) is 3.08. The van der Waals surface area contributed by atoms with Crippen LogP contribution in [-0.4, -0.2) is 28.5 Å². The molecule has 3 aromatic rings. The van der Waals surface area contributed by atoms with E-state index in [1.165, 1.54) is 24.4 Å². The number of hydrogen-bond acceptors (Lipinski definition) is 5. The highest BCUT2D eigenvalue weighted by Crippen LogP contribution is 2.22. The van der Waals surface area contributed by atoms with Gasteiger partial charge in [-0.3, -0.25) is 4.79 Å². The Morgan fingerprint density at radius 1 is 1.04 bits per heavy atom. The zero-order valence-corrected chi connectivity index (χ0v) is 14.5. The second kappa shape index (κ2) is 6.18. The molecule has 2 aromatic carbocycles. The molecule has 0 spiro atoms. The molecule has 0 bridgehead atoms. The molecule has 1 aromatic heterocycles. The molecule has 3 rings (SSSR count). The highest BCUT2D eigenvalue weighted by atomic mass is 32.2. The van der Waals surface area contributed by atoms with Crippen LogP contribution in [0.1, 0.15) is 27.0 Å². The molecule has 0 unspecified atom stereocenters. The summed E-state index contributed by atoms with van der Waals surface area (Å²) in [5, 5.41) is 13.7. The molecular weight excluding hydrogens is 340 g/mol. The maximum absolute atomic E-state index is 12.6. The van der Waals surface area contributed by atoms with Gasteiger partial charge in [0.05, 0.1) is 28.4 Å². The molecule has 1 heterocycles. The zero-order valence-electron chi connectivity index (χ0n) is 13.7. The average molecular weight is 356 g/mol. The predicted octanol–water partition coefficient (Wildman–Crippen LogP) is 2.67. The quantitative estimate of drug-likeness (QED) is 0.726. The lowest BCUT2D eigenvalue weighted by Crippen LogP contribution is -2.13. The maximum Gasteiger partial charge on any atom is 0.282 e. The fraction of sp³-hybridized carbons (Fsp3) is 0.111. The van der Waals surface area contributed by atoms with Crippen LogP contribution in [0.2, 0.25) is 0 Å². The Bertz CT molecular complexity index is 1050. The lowest BCUT2D eigenvalue weighted by molar-refractivity contribution is 0.103. The van der Waals surface area contributed by atoms with Crippen LogP contribution in [0.5, 0.6) is 5.75 Å². The fourth-order valence-corrected chi connectivity index (χ4v) is 3.48. The minimum Gasteiger partial charge on any atom is -0.507 e. The van der Waals surface area contributed by atoms with E-state index in [2.05, 4.69) is 5.10 Å². The van der Waals surface area contributed by atoms with Gasteiger partial charge in [-0.25, -0.2) is 0 Å². The number of phenols is 1. The summed E-state index contributed by atoms with van der Waals surface area (Å²) in [6.07, 6.45) is 2.33. The van der Waals surface area contributed by atoms with E-state index in [4.69, 9.17) is 0 Å². The highest BCUT2D eigenvalue weighted by molar-refractivity contribution is 7.89. The molecule has 7 heteroatoms. The van der Waals surface area contributed by atoms with Gasteiger partial charge >= 0.3 is 0 Å². The van der Waals surface area contributed by atoms with Gasteiger partial charge in [-0.1, -0.05) is 29.3 Å². The molecule has 0 aliphatic heterocycles. The number of aromatic hydroxyl groups is 1. The number of ketones is 1. The number of carbonyl (C=O) groups is 1. The van der Waals surface area contributed by atoms with Crippen molar-refractivity contribution in [2.45, 2.75) is 18.7 Å². The van der Waals surface area contributed by atoms with Crippen molar-refractivity contribution < 1.29 is 18.3 Å². The van der Waals surface area contributed by atoms with Gasteiger partial charge in [-0.05, 0) is 38.1 Å². The van der Waals surface area contributed by atoms with Gasteiger partial charge in [0.2, 0.25) is 0 Å². The van der Waals surface area contributed by atoms with Gasteiger partial charge in [0, 0.05) is 0 Å². The van der Waals surface area contributed by atoms with E-state index in [-0.39, 0.29) is 21.8 Å². The Morgan fingerprint density at radius 3 is 2.36 bits per heavy atom. The summed E-state index contributed by atoms with van der Waals surface area (Å²) in [5.41, 5.74) is 1.93. The van der Waals surface area contributed by atoms with Gasteiger partial charge < -0.3 is 5.11 Å². The van der Waals surface area contributed by atoms with Crippen molar-refractivity contribution in [1.29, 1.82) is 0 Å². The first-order chi connectivity index (χ1) is 11.8. The molecule has 6 nitrogen and oxygen atoms in total. The van der Waals surface area contributed by atoms with E-state index in [1.54, 1.807) is 31.2 Å². The van der Waals surface area contributed by atoms with Crippen molar-refractivity contribution in [3.63, 3.8) is 0 Å². The minimum absolute atomic E-state index is 0.0802. The van der Waals surface area contributed by atoms with Gasteiger partial charge in [0.25, 0.3) is 10.0 Å². The lowest BCUT2D eigenvalue weighted by atomic mass is 10.0. The molecule has 0 saturated heterocycles. The molecule has 0 atom stereocenters. The third kappa shape index (κ3) is 3.18. The summed E-state index contributed by atoms with van der Waals surface area (Å²) in [4.78, 5) is 12.6. The second-order valence-corrected chi connectivity index (χ2v) is 7.57. The van der Waals surface area contributed by atoms with Crippen molar-refractivity contribution in [2.24, 2.45) is 0 Å². The molecule has 0 saturated carbocycles. The standard InChI is InChI=1S/C18H16N2O4S/c1-12-3-6-15(7-4-12)25(23,24)20-11-14(10-19-20)18(22)16-9-13(2)5-8-17(16)21/h3-11,21H,1-2H3. The Labute approximate surface area is 145 Å². The second-order valence-electron chi connectivity index (χ2n) is 5.77. The highest BCUT2D eigenvalue weighted by Gasteiger charge is 2.21. The molecular formula is C18H16N2O4S. The van der Waals surface area contributed by atoms with Crippen molar-refractivity contribution in [3.05, 3.63) is 77.1 Å². The van der Waals surface area contributed by atoms with Gasteiger partial charge in [-0.15, -0.1) is 0 Å². The molecule has 0 amide bonds. The van der Waals surface area contributed by atoms with Crippen LogP contribution in [-0.2, 0) is 10.0 Å². The first-order valence-corrected chi connectivity index (χ1v) is 8.94. The third-order valence-electron chi connectivity index (χ3n) is 3.78. The van der Waals surface area contributed by atoms with Crippen LogP contribution < -0.4 is 0 Å². The Kier molecular flexibility index (Phi) is 4.18. The first kappa shape index (κ1) is 16.9. The summed E-state index contributed by atoms with van der Waals surface area (Å²) in [5.74, 6) is -0.656. The topological polar surface area (TPSA) is 89.3 Å². The molecule has 0 aliphatic carbocycles. The van der Waals surface area contributed by atoms with E-state index in [9.17, 15) is 18.3 Å². The number of rotatable bonds is 4. The summed E-state index contributed by atoms with van der Waals surface area (Å²) in [6, 6.07) is 11.0. The van der Waals surface area contributed by atoms with E-state index in [0.29, 0.717) is 0 Å².